The summed E-state index contributed by atoms with van der Waals surface area (Å²) in [6, 6.07) is 14.5. The Hall–Kier alpha value is -3.88. The van der Waals surface area contributed by atoms with Gasteiger partial charge >= 0.3 is 18.0 Å². The van der Waals surface area contributed by atoms with Crippen molar-refractivity contribution in [3.05, 3.63) is 59.7 Å². The largest absolute Gasteiger partial charge is 0.480 e. The van der Waals surface area contributed by atoms with Crippen molar-refractivity contribution in [3.8, 4) is 11.1 Å². The maximum atomic E-state index is 12.1. The van der Waals surface area contributed by atoms with Crippen LogP contribution in [0.1, 0.15) is 29.9 Å². The lowest BCUT2D eigenvalue weighted by atomic mass is 9.98. The zero-order chi connectivity index (χ0) is 23.1. The quantitative estimate of drug-likeness (QED) is 0.509. The minimum Gasteiger partial charge on any atom is -0.480 e. The van der Waals surface area contributed by atoms with Crippen LogP contribution in [-0.4, -0.2) is 55.3 Å². The van der Waals surface area contributed by atoms with Gasteiger partial charge in [-0.2, -0.15) is 0 Å². The Balaban J connectivity index is 1.50. The number of fused-ring (bicyclic) bond motifs is 3. The highest BCUT2D eigenvalue weighted by Gasteiger charge is 2.29. The van der Waals surface area contributed by atoms with Crippen molar-refractivity contribution in [2.24, 2.45) is 0 Å². The number of nitrogens with one attached hydrogen (secondary N) is 2. The Morgan fingerprint density at radius 2 is 1.59 bits per heavy atom. The van der Waals surface area contributed by atoms with Crippen LogP contribution in [0.3, 0.4) is 0 Å². The number of benzene rings is 2. The van der Waals surface area contributed by atoms with Gasteiger partial charge in [-0.25, -0.2) is 9.59 Å². The zero-order valence-corrected chi connectivity index (χ0v) is 17.5. The molecule has 2 amide bonds. The smallest absolute Gasteiger partial charge is 0.407 e. The van der Waals surface area contributed by atoms with Crippen molar-refractivity contribution >= 4 is 23.9 Å². The van der Waals surface area contributed by atoms with E-state index in [1.807, 2.05) is 48.5 Å². The van der Waals surface area contributed by atoms with Gasteiger partial charge in [0.15, 0.2) is 0 Å². The molecule has 2 aromatic rings. The van der Waals surface area contributed by atoms with Gasteiger partial charge in [-0.3, -0.25) is 9.59 Å². The fraction of sp³-hybridized carbons (Fsp3) is 0.304. The van der Waals surface area contributed by atoms with Gasteiger partial charge in [0.2, 0.25) is 5.91 Å². The Kier molecular flexibility index (Phi) is 7.43. The van der Waals surface area contributed by atoms with Crippen molar-refractivity contribution in [1.29, 1.82) is 0 Å². The summed E-state index contributed by atoms with van der Waals surface area (Å²) in [6.07, 6.45) is -1.07. The van der Waals surface area contributed by atoms with Crippen LogP contribution in [0.25, 0.3) is 11.1 Å². The number of amides is 2. The summed E-state index contributed by atoms with van der Waals surface area (Å²) in [5.41, 5.74) is 4.33. The maximum Gasteiger partial charge on any atom is 0.407 e. The molecule has 9 nitrogen and oxygen atoms in total. The van der Waals surface area contributed by atoms with Crippen LogP contribution < -0.4 is 10.6 Å². The second kappa shape index (κ2) is 10.4. The average molecular weight is 440 g/mol. The monoisotopic (exact) mass is 440 g/mol. The van der Waals surface area contributed by atoms with Crippen LogP contribution in [0.5, 0.6) is 0 Å². The lowest BCUT2D eigenvalue weighted by Gasteiger charge is -2.16. The molecule has 32 heavy (non-hydrogen) atoms. The number of hydrogen-bond donors (Lipinski definition) is 3. The summed E-state index contributed by atoms with van der Waals surface area (Å²) in [5.74, 6) is -2.70. The minimum atomic E-state index is -1.29. The van der Waals surface area contributed by atoms with E-state index in [1.54, 1.807) is 0 Å². The molecule has 0 saturated carbocycles. The number of methoxy groups -OCH3 is 1. The molecule has 2 aromatic carbocycles. The van der Waals surface area contributed by atoms with Gasteiger partial charge < -0.3 is 25.2 Å². The SMILES string of the molecule is COC(=O)CC[C@H](NC(=O)CNC(=O)OCC1c2ccccc2-c2ccccc21)C(=O)O. The van der Waals surface area contributed by atoms with E-state index < -0.39 is 36.5 Å². The molecule has 0 unspecified atom stereocenters. The molecule has 0 bridgehead atoms. The molecule has 3 N–H and O–H groups in total. The third-order valence-corrected chi connectivity index (χ3v) is 5.24. The normalized spacial score (nSPS) is 12.8. The first-order valence-electron chi connectivity index (χ1n) is 10.1. The molecular weight excluding hydrogens is 416 g/mol. The van der Waals surface area contributed by atoms with E-state index in [9.17, 15) is 24.3 Å². The van der Waals surface area contributed by atoms with Gasteiger partial charge in [-0.1, -0.05) is 48.5 Å². The third-order valence-electron chi connectivity index (χ3n) is 5.24. The Labute approximate surface area is 184 Å². The molecule has 1 atom stereocenters. The molecule has 1 aliphatic carbocycles. The number of carboxylic acids is 1. The van der Waals surface area contributed by atoms with E-state index in [-0.39, 0.29) is 25.4 Å². The standard InChI is InChI=1S/C23H24N2O7/c1-31-21(27)11-10-19(22(28)29)25-20(26)12-24-23(30)32-13-18-16-8-4-2-6-14(16)15-7-3-5-9-17(15)18/h2-9,18-19H,10-13H2,1H3,(H,24,30)(H,25,26)(H,28,29)/t19-/m0/s1. The summed E-state index contributed by atoms with van der Waals surface area (Å²) in [5, 5.41) is 13.7. The fourth-order valence-electron chi connectivity index (χ4n) is 3.67. The second-order valence-corrected chi connectivity index (χ2v) is 7.25. The van der Waals surface area contributed by atoms with Gasteiger partial charge in [0.1, 0.15) is 19.2 Å². The highest BCUT2D eigenvalue weighted by molar-refractivity contribution is 5.87. The molecular formula is C23H24N2O7. The van der Waals surface area contributed by atoms with Crippen molar-refractivity contribution in [2.45, 2.75) is 24.8 Å². The number of alkyl carbamates (subject to hydrolysis) is 1. The van der Waals surface area contributed by atoms with E-state index in [0.717, 1.165) is 22.3 Å². The zero-order valence-electron chi connectivity index (χ0n) is 17.5. The Morgan fingerprint density at radius 1 is 1.00 bits per heavy atom. The van der Waals surface area contributed by atoms with Gasteiger partial charge in [0, 0.05) is 12.3 Å². The van der Waals surface area contributed by atoms with E-state index >= 15 is 0 Å². The Bertz CT molecular complexity index is 975. The molecule has 0 aliphatic heterocycles. The summed E-state index contributed by atoms with van der Waals surface area (Å²) >= 11 is 0. The van der Waals surface area contributed by atoms with E-state index in [2.05, 4.69) is 15.4 Å². The van der Waals surface area contributed by atoms with Crippen LogP contribution in [0.4, 0.5) is 4.79 Å². The molecule has 3 rings (SSSR count). The van der Waals surface area contributed by atoms with Crippen LogP contribution >= 0.6 is 0 Å². The van der Waals surface area contributed by atoms with Crippen molar-refractivity contribution in [1.82, 2.24) is 10.6 Å². The highest BCUT2D eigenvalue weighted by atomic mass is 16.5. The predicted octanol–water partition coefficient (Wildman–Crippen LogP) is 2.05. The molecule has 0 fully saturated rings. The van der Waals surface area contributed by atoms with Crippen molar-refractivity contribution in [3.63, 3.8) is 0 Å². The number of ether oxygens (including phenoxy) is 2. The van der Waals surface area contributed by atoms with Gasteiger partial charge in [-0.05, 0) is 28.7 Å². The summed E-state index contributed by atoms with van der Waals surface area (Å²) in [6.45, 7) is -0.364. The molecule has 0 radical (unpaired) electrons. The topological polar surface area (TPSA) is 131 Å². The first-order chi connectivity index (χ1) is 15.4. The summed E-state index contributed by atoms with van der Waals surface area (Å²) in [4.78, 5) is 46.5. The van der Waals surface area contributed by atoms with Crippen molar-refractivity contribution in [2.75, 3.05) is 20.3 Å². The maximum absolute atomic E-state index is 12.1. The van der Waals surface area contributed by atoms with E-state index in [1.165, 1.54) is 7.11 Å². The number of carbonyl (C=O) groups is 4. The molecule has 168 valence electrons. The fourth-order valence-corrected chi connectivity index (χ4v) is 3.67. The number of rotatable bonds is 9. The van der Waals surface area contributed by atoms with Gasteiger partial charge in [0.05, 0.1) is 7.11 Å². The molecule has 0 aromatic heterocycles. The van der Waals surface area contributed by atoms with Crippen molar-refractivity contribution < 1.29 is 33.8 Å². The molecule has 1 aliphatic rings. The van der Waals surface area contributed by atoms with Crippen LogP contribution in [0.15, 0.2) is 48.5 Å². The van der Waals surface area contributed by atoms with Crippen LogP contribution in [-0.2, 0) is 23.9 Å². The first-order valence-corrected chi connectivity index (χ1v) is 10.1. The molecule has 0 heterocycles. The lowest BCUT2D eigenvalue weighted by molar-refractivity contribution is -0.144. The number of carboxylic acid groups (broad SMARTS) is 1. The second-order valence-electron chi connectivity index (χ2n) is 7.25. The van der Waals surface area contributed by atoms with E-state index in [4.69, 9.17) is 4.74 Å². The van der Waals surface area contributed by atoms with Crippen LogP contribution in [0, 0.1) is 0 Å². The minimum absolute atomic E-state index is 0.0956. The lowest BCUT2D eigenvalue weighted by Crippen LogP contribution is -2.45. The summed E-state index contributed by atoms with van der Waals surface area (Å²) < 4.78 is 9.79. The number of hydrogen-bond acceptors (Lipinski definition) is 6. The summed E-state index contributed by atoms with van der Waals surface area (Å²) in [7, 11) is 1.19. The van der Waals surface area contributed by atoms with Gasteiger partial charge in [0.25, 0.3) is 0 Å². The molecule has 0 saturated heterocycles. The average Bonchev–Trinajstić information content (AvgIpc) is 3.12. The number of esters is 1. The molecule has 9 heteroatoms. The Morgan fingerprint density at radius 3 is 2.16 bits per heavy atom. The number of carbonyl (C=O) groups excluding carboxylic acids is 3. The van der Waals surface area contributed by atoms with E-state index in [0.29, 0.717) is 0 Å². The highest BCUT2D eigenvalue weighted by Crippen LogP contribution is 2.44. The predicted molar refractivity (Wildman–Crippen MR) is 114 cm³/mol. The van der Waals surface area contributed by atoms with Gasteiger partial charge in [-0.15, -0.1) is 0 Å². The van der Waals surface area contributed by atoms with Crippen LogP contribution in [0.2, 0.25) is 0 Å². The first kappa shape index (κ1) is 22.8. The molecule has 0 spiro atoms. The third kappa shape index (κ3) is 5.42. The number of aliphatic carboxylic acids is 1.